The number of hydrogen-bond acceptors (Lipinski definition) is 2. The van der Waals surface area contributed by atoms with Gasteiger partial charge in [0, 0.05) is 17.8 Å². The summed E-state index contributed by atoms with van der Waals surface area (Å²) in [5, 5.41) is 4.39. The fourth-order valence-corrected chi connectivity index (χ4v) is 2.07. The number of nitrogens with zero attached hydrogens (tertiary/aromatic N) is 2. The van der Waals surface area contributed by atoms with Crippen LogP contribution < -0.4 is 0 Å². The van der Waals surface area contributed by atoms with Crippen molar-refractivity contribution < 1.29 is 9.18 Å². The highest BCUT2D eigenvalue weighted by Gasteiger charge is 2.12. The first-order valence-corrected chi connectivity index (χ1v) is 6.84. The fraction of sp³-hybridized carbons (Fsp3) is 0.375. The van der Waals surface area contributed by atoms with Gasteiger partial charge < -0.3 is 0 Å². The molecule has 1 atom stereocenters. The monoisotopic (exact) mass is 274 g/mol. The standard InChI is InChI=1S/C16H19FN2O/c1-4-12(3)19-6-5-15(18-19)10-16(20)13-7-11(2)8-14(17)9-13/h5-9,12H,4,10H2,1-3H3. The molecule has 1 unspecified atom stereocenters. The van der Waals surface area contributed by atoms with E-state index in [1.54, 1.807) is 13.0 Å². The predicted molar refractivity (Wildman–Crippen MR) is 76.4 cm³/mol. The van der Waals surface area contributed by atoms with Crippen molar-refractivity contribution in [2.45, 2.75) is 39.7 Å². The Labute approximate surface area is 118 Å². The molecule has 0 amide bonds. The number of rotatable bonds is 5. The molecule has 1 heterocycles. The summed E-state index contributed by atoms with van der Waals surface area (Å²) in [6.45, 7) is 5.94. The highest BCUT2D eigenvalue weighted by atomic mass is 19.1. The molecule has 0 saturated carbocycles. The van der Waals surface area contributed by atoms with Crippen LogP contribution in [0.25, 0.3) is 0 Å². The smallest absolute Gasteiger partial charge is 0.168 e. The van der Waals surface area contributed by atoms with Crippen LogP contribution in [0.1, 0.15) is 47.9 Å². The summed E-state index contributed by atoms with van der Waals surface area (Å²) < 4.78 is 15.2. The van der Waals surface area contributed by atoms with Crippen LogP contribution in [0.3, 0.4) is 0 Å². The summed E-state index contributed by atoms with van der Waals surface area (Å²) in [5.74, 6) is -0.486. The van der Waals surface area contributed by atoms with E-state index in [-0.39, 0.29) is 18.0 Å². The maximum absolute atomic E-state index is 13.3. The molecule has 20 heavy (non-hydrogen) atoms. The van der Waals surface area contributed by atoms with E-state index in [2.05, 4.69) is 18.9 Å². The summed E-state index contributed by atoms with van der Waals surface area (Å²) in [6, 6.07) is 6.55. The van der Waals surface area contributed by atoms with E-state index in [1.807, 2.05) is 16.9 Å². The summed E-state index contributed by atoms with van der Waals surface area (Å²) in [4.78, 5) is 12.2. The molecule has 106 valence electrons. The Morgan fingerprint density at radius 3 is 2.80 bits per heavy atom. The minimum absolute atomic E-state index is 0.109. The number of benzene rings is 1. The van der Waals surface area contributed by atoms with Gasteiger partial charge in [0.05, 0.1) is 12.1 Å². The van der Waals surface area contributed by atoms with Crippen molar-refractivity contribution in [1.29, 1.82) is 0 Å². The largest absolute Gasteiger partial charge is 0.294 e. The Morgan fingerprint density at radius 2 is 2.15 bits per heavy atom. The van der Waals surface area contributed by atoms with Crippen LogP contribution in [0.15, 0.2) is 30.5 Å². The lowest BCUT2D eigenvalue weighted by Crippen LogP contribution is -2.08. The lowest BCUT2D eigenvalue weighted by Gasteiger charge is -2.08. The molecule has 0 aliphatic carbocycles. The Balaban J connectivity index is 2.13. The van der Waals surface area contributed by atoms with Crippen LogP contribution in [-0.2, 0) is 6.42 Å². The Morgan fingerprint density at radius 1 is 1.40 bits per heavy atom. The van der Waals surface area contributed by atoms with Gasteiger partial charge in [0.15, 0.2) is 5.78 Å². The van der Waals surface area contributed by atoms with Crippen molar-refractivity contribution in [3.8, 4) is 0 Å². The molecule has 0 aliphatic rings. The number of Topliss-reactive ketones (excluding diaryl/α,β-unsaturated/α-hetero) is 1. The predicted octanol–water partition coefficient (Wildman–Crippen LogP) is 3.73. The van der Waals surface area contributed by atoms with Gasteiger partial charge in [-0.15, -0.1) is 0 Å². The first kappa shape index (κ1) is 14.4. The summed E-state index contributed by atoms with van der Waals surface area (Å²) in [6.07, 6.45) is 3.07. The van der Waals surface area contributed by atoms with E-state index in [1.165, 1.54) is 12.1 Å². The van der Waals surface area contributed by atoms with Gasteiger partial charge in [-0.3, -0.25) is 9.48 Å². The van der Waals surface area contributed by atoms with Crippen molar-refractivity contribution >= 4 is 5.78 Å². The molecule has 0 radical (unpaired) electrons. The van der Waals surface area contributed by atoms with Gasteiger partial charge in [-0.05, 0) is 50.1 Å². The van der Waals surface area contributed by atoms with Gasteiger partial charge in [-0.2, -0.15) is 5.10 Å². The number of halogens is 1. The van der Waals surface area contributed by atoms with E-state index in [0.29, 0.717) is 11.6 Å². The summed E-state index contributed by atoms with van der Waals surface area (Å²) >= 11 is 0. The quantitative estimate of drug-likeness (QED) is 0.779. The number of carbonyl (C=O) groups is 1. The molecular weight excluding hydrogens is 255 g/mol. The number of aryl methyl sites for hydroxylation is 1. The van der Waals surface area contributed by atoms with Gasteiger partial charge >= 0.3 is 0 Å². The molecule has 0 spiro atoms. The van der Waals surface area contributed by atoms with Crippen molar-refractivity contribution in [2.24, 2.45) is 0 Å². The molecule has 4 heteroatoms. The third-order valence-corrected chi connectivity index (χ3v) is 3.41. The molecule has 2 aromatic rings. The molecule has 0 bridgehead atoms. The van der Waals surface area contributed by atoms with E-state index in [0.717, 1.165) is 17.7 Å². The van der Waals surface area contributed by atoms with Crippen molar-refractivity contribution in [1.82, 2.24) is 9.78 Å². The number of ketones is 1. The van der Waals surface area contributed by atoms with Gasteiger partial charge in [0.1, 0.15) is 5.82 Å². The zero-order valence-corrected chi connectivity index (χ0v) is 12.1. The van der Waals surface area contributed by atoms with Crippen LogP contribution in [-0.4, -0.2) is 15.6 Å². The molecule has 0 saturated heterocycles. The molecule has 2 rings (SSSR count). The van der Waals surface area contributed by atoms with Crippen LogP contribution in [0.2, 0.25) is 0 Å². The van der Waals surface area contributed by atoms with Crippen molar-refractivity contribution in [3.63, 3.8) is 0 Å². The molecular formula is C16H19FN2O. The zero-order chi connectivity index (χ0) is 14.7. The second-order valence-electron chi connectivity index (χ2n) is 5.16. The first-order chi connectivity index (χ1) is 9.49. The Kier molecular flexibility index (Phi) is 4.32. The molecule has 0 aliphatic heterocycles. The highest BCUT2D eigenvalue weighted by Crippen LogP contribution is 2.13. The lowest BCUT2D eigenvalue weighted by molar-refractivity contribution is 0.0991. The van der Waals surface area contributed by atoms with Crippen molar-refractivity contribution in [3.05, 3.63) is 53.1 Å². The zero-order valence-electron chi connectivity index (χ0n) is 12.1. The topological polar surface area (TPSA) is 34.9 Å². The van der Waals surface area contributed by atoms with Crippen molar-refractivity contribution in [2.75, 3.05) is 0 Å². The maximum atomic E-state index is 13.3. The van der Waals surface area contributed by atoms with Crippen LogP contribution in [0.5, 0.6) is 0 Å². The van der Waals surface area contributed by atoms with Gasteiger partial charge in [-0.1, -0.05) is 6.92 Å². The fourth-order valence-electron chi connectivity index (χ4n) is 2.07. The van der Waals surface area contributed by atoms with Gasteiger partial charge in [0.25, 0.3) is 0 Å². The number of aromatic nitrogens is 2. The average Bonchev–Trinajstić information content (AvgIpc) is 2.85. The first-order valence-electron chi connectivity index (χ1n) is 6.84. The normalized spacial score (nSPS) is 12.4. The molecule has 1 aromatic heterocycles. The van der Waals surface area contributed by atoms with Crippen LogP contribution in [0.4, 0.5) is 4.39 Å². The third-order valence-electron chi connectivity index (χ3n) is 3.41. The average molecular weight is 274 g/mol. The molecule has 0 N–H and O–H groups in total. The van der Waals surface area contributed by atoms with Gasteiger partial charge in [0.2, 0.25) is 0 Å². The van der Waals surface area contributed by atoms with E-state index in [4.69, 9.17) is 0 Å². The SMILES string of the molecule is CCC(C)n1ccc(CC(=O)c2cc(C)cc(F)c2)n1. The Bertz CT molecular complexity index is 598. The minimum atomic E-state index is -0.376. The lowest BCUT2D eigenvalue weighted by atomic mass is 10.0. The minimum Gasteiger partial charge on any atom is -0.294 e. The van der Waals surface area contributed by atoms with E-state index in [9.17, 15) is 9.18 Å². The molecule has 3 nitrogen and oxygen atoms in total. The highest BCUT2D eigenvalue weighted by molar-refractivity contribution is 5.97. The number of carbonyl (C=O) groups excluding carboxylic acids is 1. The van der Waals surface area contributed by atoms with Crippen LogP contribution in [0, 0.1) is 12.7 Å². The second-order valence-corrected chi connectivity index (χ2v) is 5.16. The number of hydrogen-bond donors (Lipinski definition) is 0. The summed E-state index contributed by atoms with van der Waals surface area (Å²) in [7, 11) is 0. The second kappa shape index (κ2) is 5.99. The molecule has 0 fully saturated rings. The van der Waals surface area contributed by atoms with Gasteiger partial charge in [-0.25, -0.2) is 4.39 Å². The molecule has 1 aromatic carbocycles. The van der Waals surface area contributed by atoms with E-state index >= 15 is 0 Å². The van der Waals surface area contributed by atoms with Crippen LogP contribution >= 0.6 is 0 Å². The maximum Gasteiger partial charge on any atom is 0.168 e. The third kappa shape index (κ3) is 3.32. The Hall–Kier alpha value is -1.97. The summed E-state index contributed by atoms with van der Waals surface area (Å²) in [5.41, 5.74) is 1.87. The van der Waals surface area contributed by atoms with E-state index < -0.39 is 0 Å².